The predicted molar refractivity (Wildman–Crippen MR) is 111 cm³/mol. The minimum atomic E-state index is -0.263. The summed E-state index contributed by atoms with van der Waals surface area (Å²) in [7, 11) is 0. The number of para-hydroxylation sites is 1. The van der Waals surface area contributed by atoms with Gasteiger partial charge in [0.15, 0.2) is 0 Å². The molecule has 29 heavy (non-hydrogen) atoms. The first-order chi connectivity index (χ1) is 14.3. The smallest absolute Gasteiger partial charge is 0.258 e. The van der Waals surface area contributed by atoms with E-state index in [0.29, 0.717) is 12.1 Å². The van der Waals surface area contributed by atoms with Gasteiger partial charge in [-0.05, 0) is 42.0 Å². The average Bonchev–Trinajstić information content (AvgIpc) is 3.30. The van der Waals surface area contributed by atoms with Crippen LogP contribution in [0.4, 0.5) is 11.4 Å². The minimum absolute atomic E-state index is 0.00185. The van der Waals surface area contributed by atoms with Crippen LogP contribution in [0.25, 0.3) is 0 Å². The molecule has 6 heteroatoms. The summed E-state index contributed by atoms with van der Waals surface area (Å²) in [6.07, 6.45) is 1.37. The Morgan fingerprint density at radius 1 is 0.966 bits per heavy atom. The normalized spacial score (nSPS) is 19.0. The molecule has 1 fully saturated rings. The first-order valence-electron chi connectivity index (χ1n) is 9.91. The van der Waals surface area contributed by atoms with Crippen molar-refractivity contribution in [1.29, 1.82) is 0 Å². The van der Waals surface area contributed by atoms with Crippen LogP contribution in [0.1, 0.15) is 27.8 Å². The zero-order valence-corrected chi connectivity index (χ0v) is 16.1. The topological polar surface area (TPSA) is 58.0 Å². The third kappa shape index (κ3) is 3.47. The molecule has 2 aromatic carbocycles. The van der Waals surface area contributed by atoms with Crippen molar-refractivity contribution in [2.75, 3.05) is 36.5 Å². The van der Waals surface area contributed by atoms with Gasteiger partial charge in [-0.15, -0.1) is 0 Å². The molecule has 1 atom stereocenters. The summed E-state index contributed by atoms with van der Waals surface area (Å²) in [5.41, 5.74) is 3.75. The number of rotatable bonds is 4. The van der Waals surface area contributed by atoms with Crippen molar-refractivity contribution in [3.8, 4) is 0 Å². The van der Waals surface area contributed by atoms with Gasteiger partial charge in [0.1, 0.15) is 11.9 Å². The Kier molecular flexibility index (Phi) is 4.69. The van der Waals surface area contributed by atoms with Crippen LogP contribution in [0.15, 0.2) is 71.3 Å². The fourth-order valence-electron chi connectivity index (χ4n) is 3.98. The molecule has 0 aliphatic carbocycles. The number of anilines is 2. The number of benzene rings is 2. The molecule has 1 N–H and O–H groups in total. The van der Waals surface area contributed by atoms with E-state index >= 15 is 0 Å². The van der Waals surface area contributed by atoms with E-state index in [2.05, 4.69) is 34.5 Å². The zero-order chi connectivity index (χ0) is 19.6. The molecule has 0 unspecified atom stereocenters. The van der Waals surface area contributed by atoms with E-state index in [1.54, 1.807) is 6.26 Å². The van der Waals surface area contributed by atoms with Crippen LogP contribution in [0.2, 0.25) is 0 Å². The zero-order valence-electron chi connectivity index (χ0n) is 16.1. The van der Waals surface area contributed by atoms with Crippen molar-refractivity contribution in [2.45, 2.75) is 12.7 Å². The van der Waals surface area contributed by atoms with Gasteiger partial charge >= 0.3 is 0 Å². The monoisotopic (exact) mass is 389 g/mol. The molecule has 6 nitrogen and oxygen atoms in total. The molecule has 5 rings (SSSR count). The Morgan fingerprint density at radius 3 is 2.52 bits per heavy atom. The molecule has 0 saturated carbocycles. The fourth-order valence-corrected chi connectivity index (χ4v) is 3.98. The number of amides is 1. The second kappa shape index (κ2) is 7.64. The lowest BCUT2D eigenvalue weighted by atomic mass is 10.0. The first-order valence-corrected chi connectivity index (χ1v) is 9.91. The standard InChI is InChI=1S/C23H23N3O3/c27-23-20-5-1-2-6-21(20)24-22(26(23)16-19-4-3-13-29-19)17-7-9-18(10-8-17)25-11-14-28-15-12-25/h1-10,13,22,24H,11-12,14-16H2/t22-/m1/s1. The van der Waals surface area contributed by atoms with Crippen LogP contribution < -0.4 is 10.2 Å². The van der Waals surface area contributed by atoms with Crippen LogP contribution in [-0.2, 0) is 11.3 Å². The molecule has 148 valence electrons. The highest BCUT2D eigenvalue weighted by molar-refractivity contribution is 6.01. The first kappa shape index (κ1) is 17.8. The van der Waals surface area contributed by atoms with Crippen LogP contribution in [0, 0.1) is 0 Å². The number of nitrogens with zero attached hydrogens (tertiary/aromatic N) is 2. The third-order valence-corrected chi connectivity index (χ3v) is 5.51. The van der Waals surface area contributed by atoms with E-state index < -0.39 is 0 Å². The summed E-state index contributed by atoms with van der Waals surface area (Å²) in [5.74, 6) is 0.757. The molecule has 0 bridgehead atoms. The molecule has 2 aliphatic rings. The maximum absolute atomic E-state index is 13.3. The second-order valence-electron chi connectivity index (χ2n) is 7.30. The van der Waals surface area contributed by atoms with Gasteiger partial charge in [-0.3, -0.25) is 4.79 Å². The van der Waals surface area contributed by atoms with Gasteiger partial charge in [0, 0.05) is 24.5 Å². The molecule has 3 aromatic rings. The largest absolute Gasteiger partial charge is 0.467 e. The van der Waals surface area contributed by atoms with Crippen molar-refractivity contribution in [3.05, 3.63) is 83.8 Å². The number of nitrogens with one attached hydrogen (secondary N) is 1. The van der Waals surface area contributed by atoms with Gasteiger partial charge in [0.2, 0.25) is 0 Å². The molecule has 2 aliphatic heterocycles. The third-order valence-electron chi connectivity index (χ3n) is 5.51. The van der Waals surface area contributed by atoms with Gasteiger partial charge in [0.25, 0.3) is 5.91 Å². The maximum atomic E-state index is 13.3. The highest BCUT2D eigenvalue weighted by Gasteiger charge is 2.33. The SMILES string of the molecule is O=C1c2ccccc2N[C@@H](c2ccc(N3CCOCC3)cc2)N1Cc1ccco1. The predicted octanol–water partition coefficient (Wildman–Crippen LogP) is 3.88. The molecule has 1 aromatic heterocycles. The van der Waals surface area contributed by atoms with E-state index in [-0.39, 0.29) is 12.1 Å². The van der Waals surface area contributed by atoms with Crippen molar-refractivity contribution in [3.63, 3.8) is 0 Å². The highest BCUT2D eigenvalue weighted by atomic mass is 16.5. The number of furan rings is 1. The molecule has 1 amide bonds. The van der Waals surface area contributed by atoms with E-state index in [1.807, 2.05) is 41.3 Å². The number of fused-ring (bicyclic) bond motifs is 1. The molecule has 0 spiro atoms. The quantitative estimate of drug-likeness (QED) is 0.734. The van der Waals surface area contributed by atoms with Gasteiger partial charge < -0.3 is 24.3 Å². The summed E-state index contributed by atoms with van der Waals surface area (Å²) in [4.78, 5) is 17.4. The van der Waals surface area contributed by atoms with Crippen LogP contribution in [0.5, 0.6) is 0 Å². The summed E-state index contributed by atoms with van der Waals surface area (Å²) in [5, 5.41) is 3.54. The van der Waals surface area contributed by atoms with Gasteiger partial charge in [-0.25, -0.2) is 0 Å². The molecule has 3 heterocycles. The van der Waals surface area contributed by atoms with Crippen molar-refractivity contribution in [2.24, 2.45) is 0 Å². The maximum Gasteiger partial charge on any atom is 0.258 e. The van der Waals surface area contributed by atoms with E-state index in [1.165, 1.54) is 5.69 Å². The Hall–Kier alpha value is -3.25. The Balaban J connectivity index is 1.46. The lowest BCUT2D eigenvalue weighted by molar-refractivity contribution is 0.0651. The Labute approximate surface area is 169 Å². The number of hydrogen-bond donors (Lipinski definition) is 1. The van der Waals surface area contributed by atoms with Crippen molar-refractivity contribution < 1.29 is 13.9 Å². The second-order valence-corrected chi connectivity index (χ2v) is 7.30. The lowest BCUT2D eigenvalue weighted by Crippen LogP contribution is -2.42. The van der Waals surface area contributed by atoms with E-state index in [9.17, 15) is 4.79 Å². The van der Waals surface area contributed by atoms with Gasteiger partial charge in [-0.2, -0.15) is 0 Å². The van der Waals surface area contributed by atoms with Gasteiger partial charge in [0.05, 0.1) is 31.6 Å². The molecular weight excluding hydrogens is 366 g/mol. The number of carbonyl (C=O) groups is 1. The van der Waals surface area contributed by atoms with Crippen molar-refractivity contribution in [1.82, 2.24) is 4.90 Å². The van der Waals surface area contributed by atoms with E-state index in [4.69, 9.17) is 9.15 Å². The number of morpholine rings is 1. The summed E-state index contributed by atoms with van der Waals surface area (Å²) in [6, 6.07) is 19.8. The summed E-state index contributed by atoms with van der Waals surface area (Å²) < 4.78 is 11.0. The van der Waals surface area contributed by atoms with Crippen LogP contribution in [0.3, 0.4) is 0 Å². The Bertz CT molecular complexity index is 979. The number of ether oxygens (including phenoxy) is 1. The molecule has 1 saturated heterocycles. The Morgan fingerprint density at radius 2 is 1.76 bits per heavy atom. The van der Waals surface area contributed by atoms with Crippen LogP contribution in [-0.4, -0.2) is 37.1 Å². The van der Waals surface area contributed by atoms with Gasteiger partial charge in [-0.1, -0.05) is 24.3 Å². The fraction of sp³-hybridized carbons (Fsp3) is 0.261. The number of hydrogen-bond acceptors (Lipinski definition) is 5. The lowest BCUT2D eigenvalue weighted by Gasteiger charge is -2.38. The summed E-state index contributed by atoms with van der Waals surface area (Å²) >= 11 is 0. The highest BCUT2D eigenvalue weighted by Crippen LogP contribution is 2.34. The average molecular weight is 389 g/mol. The van der Waals surface area contributed by atoms with Crippen LogP contribution >= 0.6 is 0 Å². The van der Waals surface area contributed by atoms with Crippen molar-refractivity contribution >= 4 is 17.3 Å². The van der Waals surface area contributed by atoms with E-state index in [0.717, 1.165) is 43.3 Å². The minimum Gasteiger partial charge on any atom is -0.467 e. The number of carbonyl (C=O) groups excluding carboxylic acids is 1. The molecular formula is C23H23N3O3. The summed E-state index contributed by atoms with van der Waals surface area (Å²) in [6.45, 7) is 3.72. The molecule has 0 radical (unpaired) electrons.